The monoisotopic (exact) mass is 471 g/mol. The average molecular weight is 472 g/mol. The van der Waals surface area contributed by atoms with E-state index in [-0.39, 0.29) is 23.3 Å². The predicted octanol–water partition coefficient (Wildman–Crippen LogP) is 5.03. The van der Waals surface area contributed by atoms with Crippen molar-refractivity contribution in [2.45, 2.75) is 108 Å². The standard InChI is InChI=1S/C26H53N3O2S/c1-14-17(15-32)23(7,8)24(9,10)18(20(27)30)25(11,12)26(13,28)19(22(4,5)6)21(31)29-16(2)3/h16-19,32H,14-15,28H2,1-13H3,(H2,27,30)(H,29,31). The SMILES string of the molecule is CCC(CS)C(C)(C)C(C)(C)C(C(N)=O)C(C)(C)C(C)(N)C(C(=O)NC(C)C)C(C)(C)C. The summed E-state index contributed by atoms with van der Waals surface area (Å²) in [4.78, 5) is 26.6. The Hall–Kier alpha value is -0.750. The van der Waals surface area contributed by atoms with Crippen molar-refractivity contribution in [2.75, 3.05) is 5.75 Å². The molecule has 2 amide bonds. The Balaban J connectivity index is 6.86. The summed E-state index contributed by atoms with van der Waals surface area (Å²) in [7, 11) is 0. The largest absolute Gasteiger partial charge is 0.369 e. The van der Waals surface area contributed by atoms with Crippen LogP contribution in [0.4, 0.5) is 0 Å². The zero-order valence-corrected chi connectivity index (χ0v) is 24.0. The van der Waals surface area contributed by atoms with Crippen molar-refractivity contribution in [1.29, 1.82) is 0 Å². The number of amides is 2. The normalized spacial score (nSPS) is 18.6. The van der Waals surface area contributed by atoms with Gasteiger partial charge in [0.15, 0.2) is 0 Å². The maximum Gasteiger partial charge on any atom is 0.225 e. The highest BCUT2D eigenvalue weighted by Crippen LogP contribution is 2.59. The lowest BCUT2D eigenvalue weighted by molar-refractivity contribution is -0.154. The van der Waals surface area contributed by atoms with E-state index in [2.05, 4.69) is 52.6 Å². The highest BCUT2D eigenvalue weighted by atomic mass is 32.1. The lowest BCUT2D eigenvalue weighted by Gasteiger charge is -2.59. The fourth-order valence-electron chi connectivity index (χ4n) is 6.00. The fraction of sp³-hybridized carbons (Fsp3) is 0.923. The molecular weight excluding hydrogens is 418 g/mol. The third-order valence-electron chi connectivity index (χ3n) is 8.67. The molecule has 0 aromatic carbocycles. The van der Waals surface area contributed by atoms with Gasteiger partial charge < -0.3 is 16.8 Å². The van der Waals surface area contributed by atoms with E-state index in [1.165, 1.54) is 0 Å². The third-order valence-corrected chi connectivity index (χ3v) is 9.11. The van der Waals surface area contributed by atoms with E-state index in [1.807, 2.05) is 55.4 Å². The maximum atomic E-state index is 13.4. The van der Waals surface area contributed by atoms with Crippen molar-refractivity contribution in [3.63, 3.8) is 0 Å². The van der Waals surface area contributed by atoms with Crippen molar-refractivity contribution in [3.05, 3.63) is 0 Å². The van der Waals surface area contributed by atoms with Gasteiger partial charge >= 0.3 is 0 Å². The van der Waals surface area contributed by atoms with Gasteiger partial charge in [0.25, 0.3) is 0 Å². The van der Waals surface area contributed by atoms with Gasteiger partial charge in [-0.15, -0.1) is 0 Å². The second-order valence-electron chi connectivity index (χ2n) is 13.0. The number of nitrogens with one attached hydrogen (secondary N) is 1. The molecule has 6 heteroatoms. The molecule has 0 radical (unpaired) electrons. The fourth-order valence-corrected chi connectivity index (χ4v) is 6.71. The zero-order valence-electron chi connectivity index (χ0n) is 23.1. The van der Waals surface area contributed by atoms with Crippen molar-refractivity contribution >= 4 is 24.4 Å². The van der Waals surface area contributed by atoms with Crippen LogP contribution in [0.1, 0.15) is 96.4 Å². The van der Waals surface area contributed by atoms with Gasteiger partial charge in [0.1, 0.15) is 0 Å². The Bertz CT molecular complexity index is 656. The lowest BCUT2D eigenvalue weighted by Crippen LogP contribution is -2.69. The number of nitrogens with two attached hydrogens (primary N) is 2. The molecule has 0 rings (SSSR count). The molecular formula is C26H53N3O2S. The molecule has 32 heavy (non-hydrogen) atoms. The first-order valence-electron chi connectivity index (χ1n) is 12.0. The van der Waals surface area contributed by atoms with E-state index < -0.39 is 33.6 Å². The molecule has 5 nitrogen and oxygen atoms in total. The molecule has 5 N–H and O–H groups in total. The Morgan fingerprint density at radius 2 is 1.28 bits per heavy atom. The molecule has 0 aromatic heterocycles. The van der Waals surface area contributed by atoms with Gasteiger partial charge in [0, 0.05) is 11.6 Å². The van der Waals surface area contributed by atoms with Crippen LogP contribution >= 0.6 is 12.6 Å². The van der Waals surface area contributed by atoms with E-state index >= 15 is 0 Å². The second-order valence-corrected chi connectivity index (χ2v) is 13.4. The number of carbonyl (C=O) groups excluding carboxylic acids is 2. The smallest absolute Gasteiger partial charge is 0.225 e. The summed E-state index contributed by atoms with van der Waals surface area (Å²) >= 11 is 4.61. The molecule has 4 atom stereocenters. The summed E-state index contributed by atoms with van der Waals surface area (Å²) in [6.45, 7) is 26.7. The zero-order chi connectivity index (χ0) is 26.1. The van der Waals surface area contributed by atoms with Crippen molar-refractivity contribution in [2.24, 2.45) is 50.9 Å². The summed E-state index contributed by atoms with van der Waals surface area (Å²) in [5.41, 5.74) is 10.3. The molecule has 0 saturated carbocycles. The first kappa shape index (κ1) is 31.2. The topological polar surface area (TPSA) is 98.2 Å². The molecule has 4 unspecified atom stereocenters. The summed E-state index contributed by atoms with van der Waals surface area (Å²) < 4.78 is 0. The first-order chi connectivity index (χ1) is 14.0. The van der Waals surface area contributed by atoms with Gasteiger partial charge in [-0.2, -0.15) is 12.6 Å². The molecule has 0 aromatic rings. The number of hydrogen-bond donors (Lipinski definition) is 4. The van der Waals surface area contributed by atoms with Gasteiger partial charge in [-0.1, -0.05) is 75.7 Å². The highest BCUT2D eigenvalue weighted by molar-refractivity contribution is 7.80. The number of rotatable bonds is 11. The van der Waals surface area contributed by atoms with Crippen molar-refractivity contribution in [1.82, 2.24) is 5.32 Å². The summed E-state index contributed by atoms with van der Waals surface area (Å²) in [5.74, 6) is -0.542. The minimum Gasteiger partial charge on any atom is -0.369 e. The summed E-state index contributed by atoms with van der Waals surface area (Å²) in [6.07, 6.45) is 0.952. The minimum absolute atomic E-state index is 0.00530. The van der Waals surface area contributed by atoms with E-state index in [9.17, 15) is 9.59 Å². The molecule has 0 saturated heterocycles. The number of hydrogen-bond acceptors (Lipinski definition) is 4. The van der Waals surface area contributed by atoms with Crippen molar-refractivity contribution in [3.8, 4) is 0 Å². The Morgan fingerprint density at radius 3 is 1.56 bits per heavy atom. The molecule has 190 valence electrons. The van der Waals surface area contributed by atoms with Crippen LogP contribution in [-0.2, 0) is 9.59 Å². The van der Waals surface area contributed by atoms with Gasteiger partial charge in [-0.3, -0.25) is 9.59 Å². The second kappa shape index (κ2) is 10.2. The molecule has 0 aliphatic carbocycles. The van der Waals surface area contributed by atoms with Gasteiger partial charge in [0.2, 0.25) is 11.8 Å². The van der Waals surface area contributed by atoms with Gasteiger partial charge in [-0.05, 0) is 54.1 Å². The van der Waals surface area contributed by atoms with Crippen LogP contribution < -0.4 is 16.8 Å². The number of primary amides is 1. The number of thiol groups is 1. The van der Waals surface area contributed by atoms with E-state index in [0.717, 1.165) is 12.2 Å². The molecule has 0 aliphatic rings. The molecule has 0 bridgehead atoms. The van der Waals surface area contributed by atoms with Crippen LogP contribution in [0.15, 0.2) is 0 Å². The Kier molecular flexibility index (Phi) is 10.0. The maximum absolute atomic E-state index is 13.4. The lowest BCUT2D eigenvalue weighted by atomic mass is 9.46. The third kappa shape index (κ3) is 5.84. The Labute approximate surface area is 204 Å². The molecule has 0 aliphatic heterocycles. The Morgan fingerprint density at radius 1 is 0.844 bits per heavy atom. The van der Waals surface area contributed by atoms with E-state index in [1.54, 1.807) is 0 Å². The molecule has 0 spiro atoms. The predicted molar refractivity (Wildman–Crippen MR) is 140 cm³/mol. The quantitative estimate of drug-likeness (QED) is 0.318. The van der Waals surface area contributed by atoms with E-state index in [0.29, 0.717) is 5.92 Å². The van der Waals surface area contributed by atoms with Crippen LogP contribution in [-0.4, -0.2) is 29.1 Å². The van der Waals surface area contributed by atoms with Gasteiger partial charge in [0.05, 0.1) is 11.8 Å². The number of carbonyl (C=O) groups is 2. The van der Waals surface area contributed by atoms with Crippen molar-refractivity contribution < 1.29 is 9.59 Å². The molecule has 0 heterocycles. The molecule has 0 fully saturated rings. The van der Waals surface area contributed by atoms with Crippen LogP contribution in [0.2, 0.25) is 0 Å². The summed E-state index contributed by atoms with van der Waals surface area (Å²) in [6, 6.07) is -0.00530. The first-order valence-corrected chi connectivity index (χ1v) is 12.7. The summed E-state index contributed by atoms with van der Waals surface area (Å²) in [5, 5.41) is 3.06. The van der Waals surface area contributed by atoms with Crippen LogP contribution in [0, 0.1) is 39.4 Å². The van der Waals surface area contributed by atoms with E-state index in [4.69, 9.17) is 11.5 Å². The van der Waals surface area contributed by atoms with Crippen LogP contribution in [0.3, 0.4) is 0 Å². The highest BCUT2D eigenvalue weighted by Gasteiger charge is 2.61. The minimum atomic E-state index is -1.01. The van der Waals surface area contributed by atoms with Gasteiger partial charge in [-0.25, -0.2) is 0 Å². The average Bonchev–Trinajstić information content (AvgIpc) is 2.51. The van der Waals surface area contributed by atoms with Crippen LogP contribution in [0.5, 0.6) is 0 Å². The van der Waals surface area contributed by atoms with Crippen LogP contribution in [0.25, 0.3) is 0 Å².